The Kier molecular flexibility index (Phi) is 2.92. The van der Waals surface area contributed by atoms with Crippen LogP contribution in [0.3, 0.4) is 0 Å². The van der Waals surface area contributed by atoms with E-state index in [9.17, 15) is 0 Å². The van der Waals surface area contributed by atoms with Crippen LogP contribution in [0, 0.1) is 13.8 Å². The molecular weight excluding hydrogens is 224 g/mol. The molecule has 0 amide bonds. The molecule has 0 spiro atoms. The quantitative estimate of drug-likeness (QED) is 0.805. The SMILES string of the molecule is CCc1nnc(Cl)n1-c1ccc(C)nc1C. The molecule has 2 aromatic rings. The third-order valence-electron chi connectivity index (χ3n) is 2.44. The standard InChI is InChI=1S/C11H13ClN4/c1-4-10-14-15-11(12)16(10)9-6-5-7(2)13-8(9)3/h5-6H,4H2,1-3H3. The number of pyridine rings is 1. The number of nitrogens with zero attached hydrogens (tertiary/aromatic N) is 4. The lowest BCUT2D eigenvalue weighted by Gasteiger charge is -2.09. The van der Waals surface area contributed by atoms with Crippen LogP contribution in [0.25, 0.3) is 5.69 Å². The van der Waals surface area contributed by atoms with Crippen LogP contribution in [0.15, 0.2) is 12.1 Å². The summed E-state index contributed by atoms with van der Waals surface area (Å²) in [6.45, 7) is 5.94. The Balaban J connectivity index is 2.62. The molecule has 16 heavy (non-hydrogen) atoms. The Morgan fingerprint density at radius 3 is 2.62 bits per heavy atom. The molecule has 0 radical (unpaired) electrons. The van der Waals surface area contributed by atoms with Gasteiger partial charge in [-0.2, -0.15) is 0 Å². The van der Waals surface area contributed by atoms with Gasteiger partial charge in [0.15, 0.2) is 0 Å². The molecule has 5 heteroatoms. The summed E-state index contributed by atoms with van der Waals surface area (Å²) >= 11 is 6.03. The van der Waals surface area contributed by atoms with Gasteiger partial charge in [-0.15, -0.1) is 10.2 Å². The summed E-state index contributed by atoms with van der Waals surface area (Å²) in [6.07, 6.45) is 0.785. The average Bonchev–Trinajstić information content (AvgIpc) is 2.60. The minimum atomic E-state index is 0.380. The van der Waals surface area contributed by atoms with E-state index in [1.54, 1.807) is 0 Å². The van der Waals surface area contributed by atoms with Gasteiger partial charge in [0, 0.05) is 12.1 Å². The minimum Gasteiger partial charge on any atom is -0.268 e. The van der Waals surface area contributed by atoms with Crippen molar-refractivity contribution in [3.63, 3.8) is 0 Å². The molecule has 84 valence electrons. The summed E-state index contributed by atoms with van der Waals surface area (Å²) < 4.78 is 1.84. The molecule has 2 rings (SSSR count). The summed E-state index contributed by atoms with van der Waals surface area (Å²) in [5.74, 6) is 0.846. The van der Waals surface area contributed by atoms with Crippen LogP contribution in [-0.2, 0) is 6.42 Å². The number of aryl methyl sites for hydroxylation is 3. The second kappa shape index (κ2) is 4.22. The van der Waals surface area contributed by atoms with Crippen molar-refractivity contribution in [2.75, 3.05) is 0 Å². The second-order valence-electron chi connectivity index (χ2n) is 3.63. The maximum atomic E-state index is 6.03. The molecule has 0 atom stereocenters. The van der Waals surface area contributed by atoms with Crippen molar-refractivity contribution in [2.24, 2.45) is 0 Å². The van der Waals surface area contributed by atoms with E-state index >= 15 is 0 Å². The van der Waals surface area contributed by atoms with Crippen LogP contribution in [0.1, 0.15) is 24.1 Å². The van der Waals surface area contributed by atoms with E-state index in [2.05, 4.69) is 15.2 Å². The normalized spacial score (nSPS) is 10.8. The number of halogens is 1. The summed E-state index contributed by atoms with van der Waals surface area (Å²) in [4.78, 5) is 4.41. The summed E-state index contributed by atoms with van der Waals surface area (Å²) in [5.41, 5.74) is 2.86. The van der Waals surface area contributed by atoms with Crippen molar-refractivity contribution in [1.29, 1.82) is 0 Å². The van der Waals surface area contributed by atoms with Crippen molar-refractivity contribution in [2.45, 2.75) is 27.2 Å². The van der Waals surface area contributed by atoms with Crippen molar-refractivity contribution in [3.05, 3.63) is 34.6 Å². The second-order valence-corrected chi connectivity index (χ2v) is 3.97. The Morgan fingerprint density at radius 2 is 2.00 bits per heavy atom. The lowest BCUT2D eigenvalue weighted by atomic mass is 10.2. The summed E-state index contributed by atoms with van der Waals surface area (Å²) in [7, 11) is 0. The Morgan fingerprint density at radius 1 is 1.25 bits per heavy atom. The van der Waals surface area contributed by atoms with Crippen LogP contribution < -0.4 is 0 Å². The molecule has 0 aliphatic carbocycles. The Hall–Kier alpha value is -1.42. The zero-order chi connectivity index (χ0) is 11.7. The monoisotopic (exact) mass is 236 g/mol. The lowest BCUT2D eigenvalue weighted by Crippen LogP contribution is -2.04. The highest BCUT2D eigenvalue weighted by molar-refractivity contribution is 6.28. The molecule has 0 aliphatic heterocycles. The first-order chi connectivity index (χ1) is 7.63. The topological polar surface area (TPSA) is 43.6 Å². The zero-order valence-electron chi connectivity index (χ0n) is 9.53. The van der Waals surface area contributed by atoms with E-state index in [0.717, 1.165) is 29.3 Å². The van der Waals surface area contributed by atoms with E-state index < -0.39 is 0 Å². The van der Waals surface area contributed by atoms with Crippen LogP contribution in [0.5, 0.6) is 0 Å². The fourth-order valence-corrected chi connectivity index (χ4v) is 1.90. The number of hydrogen-bond donors (Lipinski definition) is 0. The molecule has 0 aromatic carbocycles. The van der Waals surface area contributed by atoms with E-state index in [-0.39, 0.29) is 0 Å². The summed E-state index contributed by atoms with van der Waals surface area (Å²) in [5, 5.41) is 8.29. The highest BCUT2D eigenvalue weighted by Gasteiger charge is 2.12. The molecular formula is C11H13ClN4. The van der Waals surface area contributed by atoms with Gasteiger partial charge in [0.2, 0.25) is 5.28 Å². The van der Waals surface area contributed by atoms with E-state index in [0.29, 0.717) is 5.28 Å². The lowest BCUT2D eigenvalue weighted by molar-refractivity contribution is 0.870. The van der Waals surface area contributed by atoms with Gasteiger partial charge in [-0.25, -0.2) is 0 Å². The maximum absolute atomic E-state index is 6.03. The minimum absolute atomic E-state index is 0.380. The van der Waals surface area contributed by atoms with Crippen molar-refractivity contribution >= 4 is 11.6 Å². The average molecular weight is 237 g/mol. The predicted molar refractivity (Wildman–Crippen MR) is 63.0 cm³/mol. The van der Waals surface area contributed by atoms with Gasteiger partial charge in [0.25, 0.3) is 0 Å². The fourth-order valence-electron chi connectivity index (χ4n) is 1.68. The van der Waals surface area contributed by atoms with E-state index in [1.165, 1.54) is 0 Å². The molecule has 0 N–H and O–H groups in total. The number of rotatable bonds is 2. The zero-order valence-corrected chi connectivity index (χ0v) is 10.3. The van der Waals surface area contributed by atoms with E-state index in [4.69, 9.17) is 11.6 Å². The molecule has 0 fully saturated rings. The van der Waals surface area contributed by atoms with Gasteiger partial charge in [0.1, 0.15) is 5.82 Å². The van der Waals surface area contributed by atoms with Crippen molar-refractivity contribution < 1.29 is 0 Å². The highest BCUT2D eigenvalue weighted by Crippen LogP contribution is 2.19. The fraction of sp³-hybridized carbons (Fsp3) is 0.364. The largest absolute Gasteiger partial charge is 0.268 e. The van der Waals surface area contributed by atoms with Crippen LogP contribution >= 0.6 is 11.6 Å². The molecule has 0 bridgehead atoms. The molecule has 0 unspecified atom stereocenters. The van der Waals surface area contributed by atoms with Crippen molar-refractivity contribution in [1.82, 2.24) is 19.7 Å². The van der Waals surface area contributed by atoms with Crippen LogP contribution in [-0.4, -0.2) is 19.7 Å². The van der Waals surface area contributed by atoms with Crippen LogP contribution in [0.4, 0.5) is 0 Å². The number of hydrogen-bond acceptors (Lipinski definition) is 3. The van der Waals surface area contributed by atoms with Gasteiger partial charge in [-0.1, -0.05) is 6.92 Å². The van der Waals surface area contributed by atoms with Crippen molar-refractivity contribution in [3.8, 4) is 5.69 Å². The van der Waals surface area contributed by atoms with Crippen LogP contribution in [0.2, 0.25) is 5.28 Å². The first-order valence-electron chi connectivity index (χ1n) is 5.18. The summed E-state index contributed by atoms with van der Waals surface area (Å²) in [6, 6.07) is 3.95. The Bertz CT molecular complexity index is 519. The van der Waals surface area contributed by atoms with Gasteiger partial charge < -0.3 is 0 Å². The Labute approximate surface area is 99.3 Å². The van der Waals surface area contributed by atoms with Gasteiger partial charge in [0.05, 0.1) is 11.4 Å². The smallest absolute Gasteiger partial charge is 0.229 e. The molecule has 0 saturated heterocycles. The molecule has 2 heterocycles. The predicted octanol–water partition coefficient (Wildman–Crippen LogP) is 2.49. The molecule has 2 aromatic heterocycles. The van der Waals surface area contributed by atoms with E-state index in [1.807, 2.05) is 37.5 Å². The molecule has 4 nitrogen and oxygen atoms in total. The third-order valence-corrected chi connectivity index (χ3v) is 2.69. The van der Waals surface area contributed by atoms with Gasteiger partial charge >= 0.3 is 0 Å². The van der Waals surface area contributed by atoms with Gasteiger partial charge in [-0.3, -0.25) is 9.55 Å². The molecule has 0 aliphatic rings. The first kappa shape index (κ1) is 11.1. The third kappa shape index (κ3) is 1.80. The highest BCUT2D eigenvalue weighted by atomic mass is 35.5. The number of aromatic nitrogens is 4. The first-order valence-corrected chi connectivity index (χ1v) is 5.55. The molecule has 0 saturated carbocycles. The van der Waals surface area contributed by atoms with Gasteiger partial charge in [-0.05, 0) is 37.6 Å². The maximum Gasteiger partial charge on any atom is 0.229 e.